The number of methoxy groups -OCH3 is 3. The molecule has 4 rings (SSSR count). The van der Waals surface area contributed by atoms with Crippen molar-refractivity contribution in [1.29, 1.82) is 0 Å². The SMILES string of the molecule is COc1cc(Nc2nc(N)c(-c3nc(-c4ccc(C)cc4)cs3)s2)cc(OC)c1OC. The molecule has 0 spiro atoms. The number of hydrogen-bond acceptors (Lipinski definition) is 9. The minimum absolute atomic E-state index is 0.435. The number of anilines is 3. The molecule has 0 amide bonds. The Labute approximate surface area is 188 Å². The summed E-state index contributed by atoms with van der Waals surface area (Å²) in [5.41, 5.74) is 10.2. The lowest BCUT2D eigenvalue weighted by atomic mass is 10.1. The molecule has 0 aliphatic rings. The highest BCUT2D eigenvalue weighted by molar-refractivity contribution is 7.23. The Morgan fingerprint density at radius 3 is 2.23 bits per heavy atom. The van der Waals surface area contributed by atoms with Crippen LogP contribution in [0.4, 0.5) is 16.6 Å². The van der Waals surface area contributed by atoms with Crippen LogP contribution in [0, 0.1) is 6.92 Å². The first kappa shape index (κ1) is 21.0. The van der Waals surface area contributed by atoms with E-state index in [9.17, 15) is 0 Å². The summed E-state index contributed by atoms with van der Waals surface area (Å²) >= 11 is 2.99. The molecule has 0 saturated heterocycles. The highest BCUT2D eigenvalue weighted by atomic mass is 32.1. The number of nitrogens with zero attached hydrogens (tertiary/aromatic N) is 2. The van der Waals surface area contributed by atoms with Crippen molar-refractivity contribution in [2.24, 2.45) is 0 Å². The Balaban J connectivity index is 1.61. The van der Waals surface area contributed by atoms with Crippen molar-refractivity contribution in [3.8, 4) is 38.4 Å². The van der Waals surface area contributed by atoms with Crippen LogP contribution in [0.15, 0.2) is 41.8 Å². The molecule has 9 heteroatoms. The molecule has 0 unspecified atom stereocenters. The van der Waals surface area contributed by atoms with E-state index < -0.39 is 0 Å². The molecule has 0 atom stereocenters. The number of ether oxygens (including phenoxy) is 3. The molecule has 0 aliphatic carbocycles. The molecule has 7 nitrogen and oxygen atoms in total. The lowest BCUT2D eigenvalue weighted by Crippen LogP contribution is -1.97. The van der Waals surface area contributed by atoms with Gasteiger partial charge in [-0.2, -0.15) is 0 Å². The Kier molecular flexibility index (Phi) is 5.97. The van der Waals surface area contributed by atoms with Gasteiger partial charge in [0, 0.05) is 28.8 Å². The van der Waals surface area contributed by atoms with Gasteiger partial charge in [0.05, 0.1) is 27.0 Å². The minimum Gasteiger partial charge on any atom is -0.493 e. The molecule has 0 saturated carbocycles. The van der Waals surface area contributed by atoms with Gasteiger partial charge in [0.15, 0.2) is 16.6 Å². The van der Waals surface area contributed by atoms with E-state index in [1.165, 1.54) is 16.9 Å². The van der Waals surface area contributed by atoms with Crippen LogP contribution in [0.1, 0.15) is 5.56 Å². The highest BCUT2D eigenvalue weighted by Gasteiger charge is 2.17. The molecule has 0 bridgehead atoms. The number of aromatic nitrogens is 2. The van der Waals surface area contributed by atoms with Crippen LogP contribution in [-0.2, 0) is 0 Å². The van der Waals surface area contributed by atoms with E-state index >= 15 is 0 Å². The second-order valence-corrected chi connectivity index (χ2v) is 8.53. The Hall–Kier alpha value is -3.30. The Morgan fingerprint density at radius 1 is 0.935 bits per heavy atom. The van der Waals surface area contributed by atoms with Crippen molar-refractivity contribution in [1.82, 2.24) is 9.97 Å². The van der Waals surface area contributed by atoms with Gasteiger partial charge in [0.2, 0.25) is 5.75 Å². The van der Waals surface area contributed by atoms with E-state index in [0.29, 0.717) is 28.2 Å². The smallest absolute Gasteiger partial charge is 0.203 e. The van der Waals surface area contributed by atoms with E-state index in [1.54, 1.807) is 32.7 Å². The third-order valence-corrected chi connectivity index (χ3v) is 6.60. The molecular weight excluding hydrogens is 432 g/mol. The second kappa shape index (κ2) is 8.83. The minimum atomic E-state index is 0.435. The van der Waals surface area contributed by atoms with Gasteiger partial charge in [-0.25, -0.2) is 9.97 Å². The van der Waals surface area contributed by atoms with Crippen molar-refractivity contribution >= 4 is 39.3 Å². The van der Waals surface area contributed by atoms with Crippen molar-refractivity contribution < 1.29 is 14.2 Å². The van der Waals surface area contributed by atoms with Crippen LogP contribution in [-0.4, -0.2) is 31.3 Å². The van der Waals surface area contributed by atoms with E-state index in [2.05, 4.69) is 41.5 Å². The lowest BCUT2D eigenvalue weighted by molar-refractivity contribution is 0.324. The van der Waals surface area contributed by atoms with Crippen molar-refractivity contribution in [2.75, 3.05) is 32.4 Å². The first-order valence-electron chi connectivity index (χ1n) is 9.38. The van der Waals surface area contributed by atoms with Crippen LogP contribution in [0.2, 0.25) is 0 Å². The summed E-state index contributed by atoms with van der Waals surface area (Å²) in [6.07, 6.45) is 0. The summed E-state index contributed by atoms with van der Waals surface area (Å²) in [7, 11) is 4.73. The summed E-state index contributed by atoms with van der Waals surface area (Å²) in [4.78, 5) is 10.1. The standard InChI is InChI=1S/C22H22N4O3S2/c1-12-5-7-13(8-6-12)15-11-30-21(25-15)19-20(23)26-22(31-19)24-14-9-16(27-2)18(29-4)17(10-14)28-3/h5-11H,23H2,1-4H3,(H,24,26). The lowest BCUT2D eigenvalue weighted by Gasteiger charge is -2.14. The molecule has 0 radical (unpaired) electrons. The van der Waals surface area contributed by atoms with Crippen molar-refractivity contribution in [3.05, 3.63) is 47.3 Å². The normalized spacial score (nSPS) is 10.7. The summed E-state index contributed by atoms with van der Waals surface area (Å²) in [6.45, 7) is 2.07. The number of rotatable bonds is 7. The average Bonchev–Trinajstić information content (AvgIpc) is 3.40. The zero-order valence-corrected chi connectivity index (χ0v) is 19.2. The third kappa shape index (κ3) is 4.28. The van der Waals surface area contributed by atoms with Crippen LogP contribution in [0.25, 0.3) is 21.1 Å². The van der Waals surface area contributed by atoms with Crippen LogP contribution < -0.4 is 25.3 Å². The monoisotopic (exact) mass is 454 g/mol. The quantitative estimate of drug-likeness (QED) is 0.376. The van der Waals surface area contributed by atoms with Crippen molar-refractivity contribution in [2.45, 2.75) is 6.92 Å². The number of nitrogens with two attached hydrogens (primary N) is 1. The van der Waals surface area contributed by atoms with E-state index in [4.69, 9.17) is 24.9 Å². The first-order valence-corrected chi connectivity index (χ1v) is 11.1. The zero-order chi connectivity index (χ0) is 22.0. The van der Waals surface area contributed by atoms with Gasteiger partial charge in [-0.1, -0.05) is 41.2 Å². The predicted molar refractivity (Wildman–Crippen MR) is 127 cm³/mol. The van der Waals surface area contributed by atoms with Crippen LogP contribution >= 0.6 is 22.7 Å². The van der Waals surface area contributed by atoms with Gasteiger partial charge < -0.3 is 25.3 Å². The molecular formula is C22H22N4O3S2. The number of benzene rings is 2. The van der Waals surface area contributed by atoms with Gasteiger partial charge in [-0.05, 0) is 6.92 Å². The first-order chi connectivity index (χ1) is 15.0. The molecule has 0 fully saturated rings. The van der Waals surface area contributed by atoms with Gasteiger partial charge in [0.1, 0.15) is 15.7 Å². The van der Waals surface area contributed by atoms with Gasteiger partial charge in [0.25, 0.3) is 0 Å². The fourth-order valence-electron chi connectivity index (χ4n) is 3.05. The molecule has 4 aromatic rings. The third-order valence-electron chi connectivity index (χ3n) is 4.62. The largest absolute Gasteiger partial charge is 0.493 e. The predicted octanol–water partition coefficient (Wildman–Crippen LogP) is 5.59. The molecule has 31 heavy (non-hydrogen) atoms. The summed E-state index contributed by atoms with van der Waals surface area (Å²) in [6, 6.07) is 11.9. The zero-order valence-electron chi connectivity index (χ0n) is 17.6. The van der Waals surface area contributed by atoms with Crippen LogP contribution in [0.3, 0.4) is 0 Å². The fraction of sp³-hybridized carbons (Fsp3) is 0.182. The number of nitrogen functional groups attached to an aromatic ring is 1. The molecule has 2 heterocycles. The van der Waals surface area contributed by atoms with Crippen molar-refractivity contribution in [3.63, 3.8) is 0 Å². The van der Waals surface area contributed by atoms with Gasteiger partial charge >= 0.3 is 0 Å². The van der Waals surface area contributed by atoms with E-state index in [1.807, 2.05) is 17.5 Å². The maximum absolute atomic E-state index is 6.21. The summed E-state index contributed by atoms with van der Waals surface area (Å²) in [5, 5.41) is 6.79. The van der Waals surface area contributed by atoms with E-state index in [-0.39, 0.29) is 0 Å². The topological polar surface area (TPSA) is 91.5 Å². The maximum atomic E-state index is 6.21. The molecule has 0 aliphatic heterocycles. The number of thiazole rings is 2. The molecule has 2 aromatic carbocycles. The van der Waals surface area contributed by atoms with Crippen LogP contribution in [0.5, 0.6) is 17.2 Å². The molecule has 3 N–H and O–H groups in total. The summed E-state index contributed by atoms with van der Waals surface area (Å²) in [5.74, 6) is 2.07. The van der Waals surface area contributed by atoms with Gasteiger partial charge in [-0.15, -0.1) is 11.3 Å². The number of aryl methyl sites for hydroxylation is 1. The highest BCUT2D eigenvalue weighted by Crippen LogP contribution is 2.43. The maximum Gasteiger partial charge on any atom is 0.203 e. The number of hydrogen-bond donors (Lipinski definition) is 2. The fourth-order valence-corrected chi connectivity index (χ4v) is 4.88. The molecule has 160 valence electrons. The molecule has 2 aromatic heterocycles. The van der Waals surface area contributed by atoms with E-state index in [0.717, 1.165) is 26.8 Å². The Morgan fingerprint density at radius 2 is 1.61 bits per heavy atom. The second-order valence-electron chi connectivity index (χ2n) is 6.68. The average molecular weight is 455 g/mol. The Bertz CT molecular complexity index is 1180. The summed E-state index contributed by atoms with van der Waals surface area (Å²) < 4.78 is 16.2. The number of nitrogens with one attached hydrogen (secondary N) is 1. The van der Waals surface area contributed by atoms with Gasteiger partial charge in [-0.3, -0.25) is 0 Å².